The minimum absolute atomic E-state index is 0.0586. The Bertz CT molecular complexity index is 729. The van der Waals surface area contributed by atoms with Gasteiger partial charge < -0.3 is 14.4 Å². The maximum Gasteiger partial charge on any atom is 0.310 e. The van der Waals surface area contributed by atoms with Gasteiger partial charge in [-0.3, -0.25) is 9.59 Å². The molecule has 2 aliphatic rings. The van der Waals surface area contributed by atoms with Gasteiger partial charge in [-0.05, 0) is 5.56 Å². The maximum atomic E-state index is 12.8. The minimum Gasteiger partial charge on any atom is -0.449 e. The fourth-order valence-electron chi connectivity index (χ4n) is 3.79. The van der Waals surface area contributed by atoms with Gasteiger partial charge in [0, 0.05) is 13.0 Å². The number of carbonyl (C=O) groups excluding carboxylic acids is 2. The van der Waals surface area contributed by atoms with Crippen molar-refractivity contribution in [2.45, 2.75) is 43.2 Å². The molecule has 3 rings (SSSR count). The summed E-state index contributed by atoms with van der Waals surface area (Å²) in [7, 11) is 0. The number of benzene rings is 1. The molecule has 1 spiro atoms. The van der Waals surface area contributed by atoms with Crippen molar-refractivity contribution in [2.24, 2.45) is 0 Å². The lowest BCUT2D eigenvalue weighted by Crippen LogP contribution is -2.77. The summed E-state index contributed by atoms with van der Waals surface area (Å²) in [6.07, 6.45) is 3.85. The third kappa shape index (κ3) is 2.88. The predicted molar refractivity (Wildman–Crippen MR) is 98.1 cm³/mol. The Morgan fingerprint density at radius 3 is 2.62 bits per heavy atom. The number of rotatable bonds is 7. The Labute approximate surface area is 153 Å². The first-order valence-corrected chi connectivity index (χ1v) is 8.63. The zero-order valence-electron chi connectivity index (χ0n) is 14.7. The zero-order chi connectivity index (χ0) is 18.7. The summed E-state index contributed by atoms with van der Waals surface area (Å²) in [5, 5.41) is 0. The molecule has 2 fully saturated rings. The molecule has 5 nitrogen and oxygen atoms in total. The van der Waals surface area contributed by atoms with Gasteiger partial charge in [0.1, 0.15) is 11.6 Å². The molecule has 2 heterocycles. The summed E-state index contributed by atoms with van der Waals surface area (Å²) < 4.78 is 11.5. The lowest BCUT2D eigenvalue weighted by atomic mass is 9.73. The molecule has 0 aromatic heterocycles. The summed E-state index contributed by atoms with van der Waals surface area (Å²) in [6, 6.07) is 9.70. The number of esters is 1. The first kappa shape index (κ1) is 18.1. The molecule has 26 heavy (non-hydrogen) atoms. The van der Waals surface area contributed by atoms with E-state index in [9.17, 15) is 9.59 Å². The Hall–Kier alpha value is -2.66. The highest BCUT2D eigenvalue weighted by molar-refractivity contribution is 5.93. The first-order valence-electron chi connectivity index (χ1n) is 8.63. The van der Waals surface area contributed by atoms with Gasteiger partial charge >= 0.3 is 5.97 Å². The smallest absolute Gasteiger partial charge is 0.310 e. The van der Waals surface area contributed by atoms with E-state index in [2.05, 4.69) is 19.7 Å². The standard InChI is InChI=1S/C21H23NO4/c1-4-10-18(23)26-19-20(24)22(14-15-11-8-7-9-12-15)21(19)13-16(5-2)25-17(21)6-3/h4-9,11-12,16-17,19H,1-3,10,13-14H2/t16-,17+,19-,21-/m1/s1. The normalized spacial score (nSPS) is 29.9. The van der Waals surface area contributed by atoms with Crippen LogP contribution in [0.4, 0.5) is 0 Å². The SMILES string of the molecule is C=CCC(=O)O[C@@H]1C(=O)N(Cc2ccccc2)[C@@]12C[C@@H](C=C)O[C@H]2C=C. The van der Waals surface area contributed by atoms with Crippen molar-refractivity contribution in [2.75, 3.05) is 0 Å². The fourth-order valence-corrected chi connectivity index (χ4v) is 3.79. The van der Waals surface area contributed by atoms with Gasteiger partial charge in [-0.25, -0.2) is 0 Å². The number of hydrogen-bond donors (Lipinski definition) is 0. The monoisotopic (exact) mass is 353 g/mol. The Balaban J connectivity index is 1.92. The van der Waals surface area contributed by atoms with Crippen LogP contribution < -0.4 is 0 Å². The van der Waals surface area contributed by atoms with Crippen LogP contribution in [0.1, 0.15) is 18.4 Å². The molecular formula is C21H23NO4. The van der Waals surface area contributed by atoms with E-state index in [-0.39, 0.29) is 18.4 Å². The lowest BCUT2D eigenvalue weighted by Gasteiger charge is -2.56. The van der Waals surface area contributed by atoms with Crippen LogP contribution in [-0.2, 0) is 25.6 Å². The lowest BCUT2D eigenvalue weighted by molar-refractivity contribution is -0.205. The summed E-state index contributed by atoms with van der Waals surface area (Å²) in [5.41, 5.74) is 0.241. The van der Waals surface area contributed by atoms with Crippen LogP contribution in [0.5, 0.6) is 0 Å². The molecule has 0 N–H and O–H groups in total. The van der Waals surface area contributed by atoms with Crippen molar-refractivity contribution < 1.29 is 19.1 Å². The predicted octanol–water partition coefficient (Wildman–Crippen LogP) is 2.79. The molecule has 1 amide bonds. The summed E-state index contributed by atoms with van der Waals surface area (Å²) in [5.74, 6) is -0.687. The van der Waals surface area contributed by atoms with Crippen LogP contribution in [0.2, 0.25) is 0 Å². The third-order valence-electron chi connectivity index (χ3n) is 5.01. The molecule has 4 atom stereocenters. The highest BCUT2D eigenvalue weighted by Gasteiger charge is 2.69. The second-order valence-corrected chi connectivity index (χ2v) is 6.53. The van der Waals surface area contributed by atoms with Gasteiger partial charge in [0.25, 0.3) is 5.91 Å². The molecule has 0 radical (unpaired) electrons. The minimum atomic E-state index is -0.883. The second kappa shape index (κ2) is 7.30. The van der Waals surface area contributed by atoms with E-state index in [1.54, 1.807) is 17.1 Å². The summed E-state index contributed by atoms with van der Waals surface area (Å²) in [4.78, 5) is 26.6. The number of amides is 1. The molecule has 1 aromatic carbocycles. The van der Waals surface area contributed by atoms with Crippen molar-refractivity contribution in [3.63, 3.8) is 0 Å². The average molecular weight is 353 g/mol. The molecule has 2 aliphatic heterocycles. The maximum absolute atomic E-state index is 12.8. The van der Waals surface area contributed by atoms with Gasteiger partial charge in [-0.15, -0.1) is 19.7 Å². The molecule has 0 bridgehead atoms. The quantitative estimate of drug-likeness (QED) is 0.430. The topological polar surface area (TPSA) is 55.8 Å². The molecule has 1 aromatic rings. The van der Waals surface area contributed by atoms with E-state index >= 15 is 0 Å². The second-order valence-electron chi connectivity index (χ2n) is 6.53. The molecule has 0 aliphatic carbocycles. The van der Waals surface area contributed by atoms with Crippen molar-refractivity contribution in [3.05, 3.63) is 73.9 Å². The third-order valence-corrected chi connectivity index (χ3v) is 5.01. The molecule has 2 saturated heterocycles. The van der Waals surface area contributed by atoms with Crippen LogP contribution in [0, 0.1) is 0 Å². The van der Waals surface area contributed by atoms with E-state index in [0.29, 0.717) is 13.0 Å². The van der Waals surface area contributed by atoms with Crippen molar-refractivity contribution in [1.82, 2.24) is 4.90 Å². The van der Waals surface area contributed by atoms with E-state index in [1.165, 1.54) is 6.08 Å². The van der Waals surface area contributed by atoms with E-state index in [0.717, 1.165) is 5.56 Å². The first-order chi connectivity index (χ1) is 12.6. The van der Waals surface area contributed by atoms with E-state index in [1.807, 2.05) is 30.3 Å². The number of nitrogens with zero attached hydrogens (tertiary/aromatic N) is 1. The van der Waals surface area contributed by atoms with Gasteiger partial charge in [0.05, 0.1) is 12.5 Å². The largest absolute Gasteiger partial charge is 0.449 e. The fraction of sp³-hybridized carbons (Fsp3) is 0.333. The Kier molecular flexibility index (Phi) is 5.09. The number of hydrogen-bond acceptors (Lipinski definition) is 4. The molecular weight excluding hydrogens is 330 g/mol. The van der Waals surface area contributed by atoms with E-state index in [4.69, 9.17) is 9.47 Å². The highest BCUT2D eigenvalue weighted by Crippen LogP contribution is 2.49. The van der Waals surface area contributed by atoms with E-state index < -0.39 is 23.7 Å². The van der Waals surface area contributed by atoms with Crippen LogP contribution in [0.25, 0.3) is 0 Å². The Morgan fingerprint density at radius 1 is 1.27 bits per heavy atom. The van der Waals surface area contributed by atoms with Gasteiger partial charge in [0.2, 0.25) is 6.10 Å². The number of likely N-dealkylation sites (tertiary alicyclic amines) is 1. The summed E-state index contributed by atoms with van der Waals surface area (Å²) >= 11 is 0. The van der Waals surface area contributed by atoms with Crippen LogP contribution >= 0.6 is 0 Å². The van der Waals surface area contributed by atoms with Crippen LogP contribution in [0.3, 0.4) is 0 Å². The van der Waals surface area contributed by atoms with Gasteiger partial charge in [-0.1, -0.05) is 48.6 Å². The van der Waals surface area contributed by atoms with Gasteiger partial charge in [-0.2, -0.15) is 0 Å². The van der Waals surface area contributed by atoms with Crippen molar-refractivity contribution in [1.29, 1.82) is 0 Å². The Morgan fingerprint density at radius 2 is 2.00 bits per heavy atom. The van der Waals surface area contributed by atoms with Crippen molar-refractivity contribution >= 4 is 11.9 Å². The molecule has 5 heteroatoms. The van der Waals surface area contributed by atoms with Crippen LogP contribution in [0.15, 0.2) is 68.3 Å². The van der Waals surface area contributed by atoms with Crippen LogP contribution in [-0.4, -0.2) is 40.6 Å². The average Bonchev–Trinajstić information content (AvgIpc) is 3.06. The number of ether oxygens (including phenoxy) is 2. The van der Waals surface area contributed by atoms with Gasteiger partial charge in [0.15, 0.2) is 0 Å². The highest BCUT2D eigenvalue weighted by atomic mass is 16.6. The number of carbonyl (C=O) groups is 2. The zero-order valence-corrected chi connectivity index (χ0v) is 14.7. The molecule has 136 valence electrons. The molecule has 0 saturated carbocycles. The number of β-lactam (4-membered cyclic amide) rings is 1. The summed E-state index contributed by atoms with van der Waals surface area (Å²) in [6.45, 7) is 11.6. The van der Waals surface area contributed by atoms with Crippen molar-refractivity contribution in [3.8, 4) is 0 Å². The molecule has 0 unspecified atom stereocenters.